The standard InChI is InChI=1S/C11H11ClN4OS/c1-6-15-10(17-16-6)5-14-7-2-3-8(11(13)18)9(12)4-7/h2-4,14H,5H2,1H3,(H2,13,18). The van der Waals surface area contributed by atoms with Gasteiger partial charge in [-0.05, 0) is 25.1 Å². The highest BCUT2D eigenvalue weighted by Gasteiger charge is 2.06. The number of thiocarbonyl (C=S) groups is 1. The molecular formula is C11H11ClN4OS. The Balaban J connectivity index is 2.06. The Bertz CT molecular complexity index is 584. The van der Waals surface area contributed by atoms with E-state index in [2.05, 4.69) is 15.5 Å². The Labute approximate surface area is 114 Å². The summed E-state index contributed by atoms with van der Waals surface area (Å²) in [6, 6.07) is 5.36. The summed E-state index contributed by atoms with van der Waals surface area (Å²) >= 11 is 10.9. The molecule has 0 aliphatic rings. The van der Waals surface area contributed by atoms with Gasteiger partial charge in [0.1, 0.15) is 4.99 Å². The number of hydrogen-bond acceptors (Lipinski definition) is 5. The van der Waals surface area contributed by atoms with Crippen LogP contribution in [0.15, 0.2) is 22.7 Å². The molecule has 0 fully saturated rings. The number of aromatic nitrogens is 2. The van der Waals surface area contributed by atoms with Crippen molar-refractivity contribution < 1.29 is 4.52 Å². The summed E-state index contributed by atoms with van der Waals surface area (Å²) in [5.41, 5.74) is 7.01. The summed E-state index contributed by atoms with van der Waals surface area (Å²) in [5, 5.41) is 7.32. The normalized spacial score (nSPS) is 10.3. The highest BCUT2D eigenvalue weighted by atomic mass is 35.5. The van der Waals surface area contributed by atoms with Crippen LogP contribution in [-0.2, 0) is 6.54 Å². The summed E-state index contributed by atoms with van der Waals surface area (Å²) < 4.78 is 4.98. The zero-order chi connectivity index (χ0) is 13.1. The minimum absolute atomic E-state index is 0.277. The topological polar surface area (TPSA) is 77.0 Å². The van der Waals surface area contributed by atoms with E-state index in [9.17, 15) is 0 Å². The van der Waals surface area contributed by atoms with E-state index < -0.39 is 0 Å². The number of aryl methyl sites for hydroxylation is 1. The van der Waals surface area contributed by atoms with Gasteiger partial charge in [-0.15, -0.1) is 0 Å². The molecular weight excluding hydrogens is 272 g/mol. The van der Waals surface area contributed by atoms with Crippen molar-refractivity contribution in [2.24, 2.45) is 5.73 Å². The van der Waals surface area contributed by atoms with Crippen molar-refractivity contribution in [1.29, 1.82) is 0 Å². The smallest absolute Gasteiger partial charge is 0.245 e. The van der Waals surface area contributed by atoms with Gasteiger partial charge >= 0.3 is 0 Å². The first kappa shape index (κ1) is 12.8. The number of nitrogens with zero attached hydrogens (tertiary/aromatic N) is 2. The monoisotopic (exact) mass is 282 g/mol. The Hall–Kier alpha value is -1.66. The molecule has 94 valence electrons. The highest BCUT2D eigenvalue weighted by molar-refractivity contribution is 7.80. The van der Waals surface area contributed by atoms with Crippen LogP contribution in [0, 0.1) is 6.92 Å². The fraction of sp³-hybridized carbons (Fsp3) is 0.182. The van der Waals surface area contributed by atoms with E-state index in [4.69, 9.17) is 34.1 Å². The molecule has 3 N–H and O–H groups in total. The Morgan fingerprint density at radius 1 is 1.56 bits per heavy atom. The van der Waals surface area contributed by atoms with Crippen LogP contribution >= 0.6 is 23.8 Å². The van der Waals surface area contributed by atoms with Gasteiger partial charge in [0.15, 0.2) is 5.82 Å². The third-order valence-electron chi connectivity index (χ3n) is 2.25. The van der Waals surface area contributed by atoms with Crippen LogP contribution in [0.2, 0.25) is 5.02 Å². The van der Waals surface area contributed by atoms with Gasteiger partial charge in [-0.3, -0.25) is 0 Å². The zero-order valence-electron chi connectivity index (χ0n) is 9.61. The second kappa shape index (κ2) is 5.32. The molecule has 0 bridgehead atoms. The largest absolute Gasteiger partial charge is 0.389 e. The van der Waals surface area contributed by atoms with Crippen molar-refractivity contribution in [1.82, 2.24) is 10.1 Å². The third kappa shape index (κ3) is 2.96. The predicted octanol–water partition coefficient (Wildman–Crippen LogP) is 2.28. The van der Waals surface area contributed by atoms with E-state index in [-0.39, 0.29) is 4.99 Å². The van der Waals surface area contributed by atoms with Crippen LogP contribution in [0.3, 0.4) is 0 Å². The Kier molecular flexibility index (Phi) is 3.78. The van der Waals surface area contributed by atoms with E-state index >= 15 is 0 Å². The number of benzene rings is 1. The molecule has 0 atom stereocenters. The summed E-state index contributed by atoms with van der Waals surface area (Å²) in [5.74, 6) is 1.12. The molecule has 2 rings (SSSR count). The van der Waals surface area contributed by atoms with Gasteiger partial charge in [0.25, 0.3) is 0 Å². The van der Waals surface area contributed by atoms with E-state index in [1.807, 2.05) is 6.07 Å². The maximum absolute atomic E-state index is 6.05. The first-order chi connectivity index (χ1) is 8.56. The van der Waals surface area contributed by atoms with Gasteiger partial charge in [0.2, 0.25) is 5.89 Å². The number of hydrogen-bond donors (Lipinski definition) is 2. The fourth-order valence-electron chi connectivity index (χ4n) is 1.41. The minimum atomic E-state index is 0.277. The lowest BCUT2D eigenvalue weighted by Gasteiger charge is -2.06. The molecule has 1 aromatic carbocycles. The lowest BCUT2D eigenvalue weighted by atomic mass is 10.2. The summed E-state index contributed by atoms with van der Waals surface area (Å²) in [4.78, 5) is 4.36. The van der Waals surface area contributed by atoms with Crippen LogP contribution in [0.25, 0.3) is 0 Å². The first-order valence-corrected chi connectivity index (χ1v) is 5.97. The van der Waals surface area contributed by atoms with Crippen molar-refractivity contribution in [3.63, 3.8) is 0 Å². The molecule has 1 heterocycles. The molecule has 7 heteroatoms. The van der Waals surface area contributed by atoms with Crippen molar-refractivity contribution in [3.8, 4) is 0 Å². The van der Waals surface area contributed by atoms with Gasteiger partial charge in [0, 0.05) is 11.3 Å². The molecule has 0 spiro atoms. The van der Waals surface area contributed by atoms with Crippen molar-refractivity contribution >= 4 is 34.5 Å². The maximum Gasteiger partial charge on any atom is 0.245 e. The summed E-state index contributed by atoms with van der Waals surface area (Å²) in [7, 11) is 0. The molecule has 0 aliphatic heterocycles. The third-order valence-corrected chi connectivity index (χ3v) is 2.78. The summed E-state index contributed by atoms with van der Waals surface area (Å²) in [6.07, 6.45) is 0. The molecule has 0 radical (unpaired) electrons. The second-order valence-electron chi connectivity index (χ2n) is 3.65. The average molecular weight is 283 g/mol. The van der Waals surface area contributed by atoms with Crippen LogP contribution < -0.4 is 11.1 Å². The Morgan fingerprint density at radius 3 is 2.89 bits per heavy atom. The highest BCUT2D eigenvalue weighted by Crippen LogP contribution is 2.21. The zero-order valence-corrected chi connectivity index (χ0v) is 11.2. The number of nitrogens with one attached hydrogen (secondary N) is 1. The molecule has 5 nitrogen and oxygen atoms in total. The molecule has 1 aromatic heterocycles. The van der Waals surface area contributed by atoms with Crippen molar-refractivity contribution in [3.05, 3.63) is 40.5 Å². The van der Waals surface area contributed by atoms with Gasteiger partial charge in [-0.1, -0.05) is 29.0 Å². The van der Waals surface area contributed by atoms with Crippen LogP contribution in [0.4, 0.5) is 5.69 Å². The van der Waals surface area contributed by atoms with Crippen LogP contribution in [0.5, 0.6) is 0 Å². The molecule has 0 aliphatic carbocycles. The SMILES string of the molecule is Cc1noc(CNc2ccc(C(N)=S)c(Cl)c2)n1. The quantitative estimate of drug-likeness (QED) is 0.838. The molecule has 0 saturated heterocycles. The minimum Gasteiger partial charge on any atom is -0.389 e. The average Bonchev–Trinajstić information content (AvgIpc) is 2.72. The van der Waals surface area contributed by atoms with Gasteiger partial charge in [0.05, 0.1) is 11.6 Å². The lowest BCUT2D eigenvalue weighted by Crippen LogP contribution is -2.10. The molecule has 0 saturated carbocycles. The maximum atomic E-state index is 6.05. The number of rotatable bonds is 4. The lowest BCUT2D eigenvalue weighted by molar-refractivity contribution is 0.379. The van der Waals surface area contributed by atoms with Crippen LogP contribution in [0.1, 0.15) is 17.3 Å². The van der Waals surface area contributed by atoms with Gasteiger partial charge in [-0.2, -0.15) is 4.98 Å². The summed E-state index contributed by atoms with van der Waals surface area (Å²) in [6.45, 7) is 2.20. The number of halogens is 1. The molecule has 18 heavy (non-hydrogen) atoms. The Morgan fingerprint density at radius 2 is 2.33 bits per heavy atom. The first-order valence-electron chi connectivity index (χ1n) is 5.18. The van der Waals surface area contributed by atoms with Crippen molar-refractivity contribution in [2.75, 3.05) is 5.32 Å². The predicted molar refractivity (Wildman–Crippen MR) is 73.7 cm³/mol. The molecule has 0 amide bonds. The van der Waals surface area contributed by atoms with E-state index in [1.54, 1.807) is 19.1 Å². The van der Waals surface area contributed by atoms with Crippen LogP contribution in [-0.4, -0.2) is 15.1 Å². The van der Waals surface area contributed by atoms with Crippen molar-refractivity contribution in [2.45, 2.75) is 13.5 Å². The number of anilines is 1. The number of nitrogens with two attached hydrogens (primary N) is 1. The van der Waals surface area contributed by atoms with E-state index in [0.717, 1.165) is 5.69 Å². The van der Waals surface area contributed by atoms with E-state index in [1.165, 1.54) is 0 Å². The van der Waals surface area contributed by atoms with E-state index in [0.29, 0.717) is 28.8 Å². The van der Waals surface area contributed by atoms with Gasteiger partial charge < -0.3 is 15.6 Å². The molecule has 0 unspecified atom stereocenters. The second-order valence-corrected chi connectivity index (χ2v) is 4.49. The van der Waals surface area contributed by atoms with Gasteiger partial charge in [-0.25, -0.2) is 0 Å². The fourth-order valence-corrected chi connectivity index (χ4v) is 1.93. The molecule has 2 aromatic rings.